The van der Waals surface area contributed by atoms with Crippen LogP contribution in [0.25, 0.3) is 28.1 Å². The molecule has 2 atom stereocenters. The third-order valence-corrected chi connectivity index (χ3v) is 8.36. The lowest BCUT2D eigenvalue weighted by atomic mass is 9.96. The molecule has 0 fully saturated rings. The Kier molecular flexibility index (Phi) is 8.42. The van der Waals surface area contributed by atoms with E-state index in [2.05, 4.69) is 25.7 Å². The van der Waals surface area contributed by atoms with Gasteiger partial charge in [0.2, 0.25) is 5.91 Å². The van der Waals surface area contributed by atoms with Gasteiger partial charge in [0, 0.05) is 39.9 Å². The quantitative estimate of drug-likeness (QED) is 0.202. The van der Waals surface area contributed by atoms with Crippen LogP contribution in [0.3, 0.4) is 0 Å². The SMILES string of the molecule is CC1CCCC(n2c(Cl)c(F)c(-c3cc(Cl)ccc3-n3cc(Cl)nn3)cc2=O)c2cc(ccn2)-c2c(cnn2C(F)F)NC1=O. The number of carbonyl (C=O) groups excluding carboxylic acids is 1. The van der Waals surface area contributed by atoms with Crippen LogP contribution in [-0.4, -0.2) is 40.2 Å². The molecule has 45 heavy (non-hydrogen) atoms. The molecule has 0 radical (unpaired) electrons. The summed E-state index contributed by atoms with van der Waals surface area (Å²) in [5.41, 5.74) is 0.320. The van der Waals surface area contributed by atoms with Crippen LogP contribution in [-0.2, 0) is 4.79 Å². The summed E-state index contributed by atoms with van der Waals surface area (Å²) in [5.74, 6) is -1.82. The van der Waals surface area contributed by atoms with Crippen LogP contribution >= 0.6 is 34.8 Å². The van der Waals surface area contributed by atoms with Gasteiger partial charge in [-0.1, -0.05) is 53.4 Å². The average Bonchev–Trinajstić information content (AvgIpc) is 3.64. The van der Waals surface area contributed by atoms with E-state index in [1.165, 1.54) is 35.3 Å². The Labute approximate surface area is 268 Å². The maximum atomic E-state index is 16.3. The number of nitrogens with one attached hydrogen (secondary N) is 1. The zero-order valence-electron chi connectivity index (χ0n) is 23.3. The second-order valence-electron chi connectivity index (χ2n) is 10.5. The van der Waals surface area contributed by atoms with Crippen molar-refractivity contribution >= 4 is 46.4 Å². The number of hydrogen-bond acceptors (Lipinski definition) is 6. The Balaban J connectivity index is 1.52. The second kappa shape index (κ2) is 12.3. The first-order valence-electron chi connectivity index (χ1n) is 13.6. The van der Waals surface area contributed by atoms with E-state index in [4.69, 9.17) is 34.8 Å². The number of rotatable bonds is 4. The van der Waals surface area contributed by atoms with Crippen LogP contribution in [0.15, 0.2) is 59.8 Å². The van der Waals surface area contributed by atoms with Gasteiger partial charge in [0.1, 0.15) is 5.15 Å². The molecule has 232 valence electrons. The standard InChI is InChI=1S/C29H22Cl3F3N8O2/c1-14-3-2-4-22(19-9-15(7-8-36-19)26-20(38-28(14)45)12-37-43(26)29(34)35)42-24(44)11-18(25(33)27(42)32)17-10-16(30)5-6-21(17)41-13-23(31)39-40-41/h5-14,22,29H,2-4H2,1H3,(H,38,45). The lowest BCUT2D eigenvalue weighted by molar-refractivity contribution is -0.119. The van der Waals surface area contributed by atoms with Crippen molar-refractivity contribution in [3.05, 3.63) is 92.2 Å². The highest BCUT2D eigenvalue weighted by atomic mass is 35.5. The largest absolute Gasteiger partial charge is 0.333 e. The summed E-state index contributed by atoms with van der Waals surface area (Å²) in [6.45, 7) is -1.31. The monoisotopic (exact) mass is 676 g/mol. The van der Waals surface area contributed by atoms with Gasteiger partial charge in [-0.15, -0.1) is 5.10 Å². The Morgan fingerprint density at radius 2 is 1.84 bits per heavy atom. The van der Waals surface area contributed by atoms with Crippen molar-refractivity contribution in [2.75, 3.05) is 5.32 Å². The predicted octanol–water partition coefficient (Wildman–Crippen LogP) is 7.20. The van der Waals surface area contributed by atoms with Gasteiger partial charge in [0.15, 0.2) is 11.0 Å². The number of benzene rings is 1. The van der Waals surface area contributed by atoms with Crippen molar-refractivity contribution in [1.82, 2.24) is 34.3 Å². The molecule has 5 heterocycles. The number of pyridine rings is 2. The van der Waals surface area contributed by atoms with E-state index in [-0.39, 0.29) is 56.3 Å². The van der Waals surface area contributed by atoms with E-state index in [0.29, 0.717) is 23.2 Å². The van der Waals surface area contributed by atoms with E-state index < -0.39 is 35.0 Å². The van der Waals surface area contributed by atoms with Crippen molar-refractivity contribution < 1.29 is 18.0 Å². The molecule has 10 nitrogen and oxygen atoms in total. The predicted molar refractivity (Wildman–Crippen MR) is 163 cm³/mol. The minimum atomic E-state index is -3.01. The number of nitrogens with zero attached hydrogens (tertiary/aromatic N) is 7. The molecule has 0 saturated heterocycles. The van der Waals surface area contributed by atoms with Gasteiger partial charge >= 0.3 is 6.55 Å². The van der Waals surface area contributed by atoms with Gasteiger partial charge in [0.25, 0.3) is 5.56 Å². The molecule has 6 rings (SSSR count). The fourth-order valence-electron chi connectivity index (χ4n) is 5.42. The van der Waals surface area contributed by atoms with Gasteiger partial charge in [0.05, 0.1) is 41.2 Å². The molecule has 1 aliphatic heterocycles. The lowest BCUT2D eigenvalue weighted by Gasteiger charge is -2.24. The summed E-state index contributed by atoms with van der Waals surface area (Å²) in [6.07, 6.45) is 4.97. The maximum absolute atomic E-state index is 16.3. The fourth-order valence-corrected chi connectivity index (χ4v) is 6.02. The minimum absolute atomic E-state index is 0.0461. The highest BCUT2D eigenvalue weighted by molar-refractivity contribution is 6.31. The first kappa shape index (κ1) is 30.8. The zero-order valence-corrected chi connectivity index (χ0v) is 25.5. The summed E-state index contributed by atoms with van der Waals surface area (Å²) in [7, 11) is 0. The molecule has 2 bridgehead atoms. The van der Waals surface area contributed by atoms with Crippen LogP contribution in [0.2, 0.25) is 15.3 Å². The normalized spacial score (nSPS) is 17.0. The molecule has 1 amide bonds. The summed E-state index contributed by atoms with van der Waals surface area (Å²) < 4.78 is 47.1. The van der Waals surface area contributed by atoms with Crippen LogP contribution in [0.1, 0.15) is 44.5 Å². The highest BCUT2D eigenvalue weighted by Crippen LogP contribution is 2.38. The third-order valence-electron chi connectivity index (χ3n) is 7.60. The van der Waals surface area contributed by atoms with Gasteiger partial charge in [-0.3, -0.25) is 19.1 Å². The van der Waals surface area contributed by atoms with Gasteiger partial charge < -0.3 is 5.32 Å². The van der Waals surface area contributed by atoms with Crippen molar-refractivity contribution in [1.29, 1.82) is 0 Å². The number of halogens is 6. The van der Waals surface area contributed by atoms with Crippen LogP contribution < -0.4 is 10.9 Å². The van der Waals surface area contributed by atoms with Gasteiger partial charge in [-0.2, -0.15) is 13.9 Å². The lowest BCUT2D eigenvalue weighted by Crippen LogP contribution is -2.28. The highest BCUT2D eigenvalue weighted by Gasteiger charge is 2.28. The first-order valence-corrected chi connectivity index (χ1v) is 14.8. The molecule has 2 unspecified atom stereocenters. The van der Waals surface area contributed by atoms with Gasteiger partial charge in [-0.25, -0.2) is 13.8 Å². The van der Waals surface area contributed by atoms with E-state index >= 15 is 4.39 Å². The third kappa shape index (κ3) is 5.83. The van der Waals surface area contributed by atoms with Crippen molar-refractivity contribution in [3.63, 3.8) is 0 Å². The fraction of sp³-hybridized carbons (Fsp3) is 0.241. The Morgan fingerprint density at radius 1 is 1.04 bits per heavy atom. The number of aromatic nitrogens is 7. The average molecular weight is 678 g/mol. The maximum Gasteiger partial charge on any atom is 0.333 e. The summed E-state index contributed by atoms with van der Waals surface area (Å²) in [4.78, 5) is 31.2. The minimum Gasteiger partial charge on any atom is -0.323 e. The Bertz CT molecular complexity index is 1990. The zero-order chi connectivity index (χ0) is 32.0. The van der Waals surface area contributed by atoms with E-state index in [0.717, 1.165) is 16.8 Å². The number of alkyl halides is 2. The number of hydrogen-bond donors (Lipinski definition) is 1. The second-order valence-corrected chi connectivity index (χ2v) is 11.6. The molecule has 4 aromatic heterocycles. The molecule has 16 heteroatoms. The molecular weight excluding hydrogens is 656 g/mol. The van der Waals surface area contributed by atoms with Crippen molar-refractivity contribution in [2.24, 2.45) is 5.92 Å². The molecule has 1 aliphatic rings. The molecule has 5 aromatic rings. The van der Waals surface area contributed by atoms with Crippen molar-refractivity contribution in [2.45, 2.75) is 38.8 Å². The van der Waals surface area contributed by atoms with Crippen molar-refractivity contribution in [3.8, 4) is 28.1 Å². The van der Waals surface area contributed by atoms with Gasteiger partial charge in [-0.05, 0) is 43.2 Å². The molecule has 0 spiro atoms. The van der Waals surface area contributed by atoms with E-state index in [9.17, 15) is 18.4 Å². The van der Waals surface area contributed by atoms with Crippen LogP contribution in [0.4, 0.5) is 18.9 Å². The number of carbonyl (C=O) groups is 1. The molecule has 1 aromatic carbocycles. The molecular formula is C29H22Cl3F3N8O2. The molecule has 0 saturated carbocycles. The number of amides is 1. The Morgan fingerprint density at radius 3 is 2.58 bits per heavy atom. The number of fused-ring (bicyclic) bond motifs is 4. The molecule has 1 N–H and O–H groups in total. The summed E-state index contributed by atoms with van der Waals surface area (Å²) in [6, 6.07) is 7.75. The smallest absolute Gasteiger partial charge is 0.323 e. The first-order chi connectivity index (χ1) is 21.5. The molecule has 0 aliphatic carbocycles. The van der Waals surface area contributed by atoms with E-state index in [1.54, 1.807) is 19.1 Å². The topological polar surface area (TPSA) is 113 Å². The summed E-state index contributed by atoms with van der Waals surface area (Å²) in [5, 5.41) is 14.0. The Hall–Kier alpha value is -4.20. The van der Waals surface area contributed by atoms with Crippen LogP contribution in [0.5, 0.6) is 0 Å². The van der Waals surface area contributed by atoms with Crippen LogP contribution in [0, 0.1) is 11.7 Å². The summed E-state index contributed by atoms with van der Waals surface area (Å²) >= 11 is 18.8. The van der Waals surface area contributed by atoms with E-state index in [1.807, 2.05) is 0 Å². The number of anilines is 1.